The van der Waals surface area contributed by atoms with Gasteiger partial charge in [0.1, 0.15) is 0 Å². The van der Waals surface area contributed by atoms with Gasteiger partial charge in [-0.15, -0.1) is 0 Å². The minimum absolute atomic E-state index is 0.682. The quantitative estimate of drug-likeness (QED) is 0.748. The number of nitrogens with one attached hydrogen (secondary N) is 1. The summed E-state index contributed by atoms with van der Waals surface area (Å²) in [5, 5.41) is 3.47. The molecule has 2 nitrogen and oxygen atoms in total. The SMILES string of the molecule is CC(C)CCC(C)N(CC1CCNCC1)C(C)C. The Morgan fingerprint density at radius 2 is 1.61 bits per heavy atom. The summed E-state index contributed by atoms with van der Waals surface area (Å²) >= 11 is 0. The van der Waals surface area contributed by atoms with Crippen molar-refractivity contribution >= 4 is 0 Å². The van der Waals surface area contributed by atoms with E-state index in [4.69, 9.17) is 0 Å². The summed E-state index contributed by atoms with van der Waals surface area (Å²) in [4.78, 5) is 2.73. The van der Waals surface area contributed by atoms with Crippen LogP contribution in [0.5, 0.6) is 0 Å². The molecule has 1 saturated heterocycles. The molecule has 18 heavy (non-hydrogen) atoms. The molecule has 0 saturated carbocycles. The predicted molar refractivity (Wildman–Crippen MR) is 81.0 cm³/mol. The number of hydrogen-bond acceptors (Lipinski definition) is 2. The first-order valence-corrected chi connectivity index (χ1v) is 7.97. The highest BCUT2D eigenvalue weighted by atomic mass is 15.2. The van der Waals surface area contributed by atoms with Crippen LogP contribution in [0, 0.1) is 11.8 Å². The van der Waals surface area contributed by atoms with E-state index < -0.39 is 0 Å². The first-order valence-electron chi connectivity index (χ1n) is 7.97. The van der Waals surface area contributed by atoms with Crippen molar-refractivity contribution < 1.29 is 0 Å². The molecule has 1 aliphatic rings. The summed E-state index contributed by atoms with van der Waals surface area (Å²) in [6.07, 6.45) is 5.43. The molecule has 0 amide bonds. The lowest BCUT2D eigenvalue weighted by atomic mass is 9.95. The Labute approximate surface area is 115 Å². The van der Waals surface area contributed by atoms with Gasteiger partial charge in [0.25, 0.3) is 0 Å². The Bertz CT molecular complexity index is 207. The highest BCUT2D eigenvalue weighted by Gasteiger charge is 2.22. The van der Waals surface area contributed by atoms with Crippen LogP contribution < -0.4 is 5.32 Å². The summed E-state index contributed by atoms with van der Waals surface area (Å²) in [5.74, 6) is 1.75. The summed E-state index contributed by atoms with van der Waals surface area (Å²) in [5.41, 5.74) is 0. The van der Waals surface area contributed by atoms with E-state index in [-0.39, 0.29) is 0 Å². The molecule has 1 aliphatic heterocycles. The third kappa shape index (κ3) is 5.71. The molecule has 1 atom stereocenters. The lowest BCUT2D eigenvalue weighted by Crippen LogP contribution is -2.44. The smallest absolute Gasteiger partial charge is 0.00698 e. The van der Waals surface area contributed by atoms with E-state index in [2.05, 4.69) is 44.8 Å². The van der Waals surface area contributed by atoms with Crippen LogP contribution in [0.2, 0.25) is 0 Å². The van der Waals surface area contributed by atoms with Gasteiger partial charge in [-0.25, -0.2) is 0 Å². The van der Waals surface area contributed by atoms with Gasteiger partial charge in [0.2, 0.25) is 0 Å². The maximum Gasteiger partial charge on any atom is 0.00698 e. The summed E-state index contributed by atoms with van der Waals surface area (Å²) in [6.45, 7) is 15.5. The van der Waals surface area contributed by atoms with Gasteiger partial charge in [-0.05, 0) is 71.4 Å². The van der Waals surface area contributed by atoms with Crippen LogP contribution in [-0.4, -0.2) is 36.6 Å². The van der Waals surface area contributed by atoms with E-state index in [9.17, 15) is 0 Å². The van der Waals surface area contributed by atoms with Crippen molar-refractivity contribution in [1.82, 2.24) is 10.2 Å². The lowest BCUT2D eigenvalue weighted by molar-refractivity contribution is 0.116. The average Bonchev–Trinajstić information content (AvgIpc) is 2.34. The van der Waals surface area contributed by atoms with E-state index in [1.54, 1.807) is 0 Å². The first-order chi connectivity index (χ1) is 8.50. The second kappa shape index (κ2) is 8.16. The monoisotopic (exact) mass is 254 g/mol. The van der Waals surface area contributed by atoms with E-state index in [0.717, 1.165) is 17.9 Å². The molecular formula is C16H34N2. The molecule has 0 aromatic rings. The minimum Gasteiger partial charge on any atom is -0.317 e. The van der Waals surface area contributed by atoms with Crippen LogP contribution in [0.15, 0.2) is 0 Å². The van der Waals surface area contributed by atoms with Crippen LogP contribution in [0.1, 0.15) is 60.3 Å². The molecule has 108 valence electrons. The first kappa shape index (κ1) is 16.0. The van der Waals surface area contributed by atoms with Gasteiger partial charge in [0.15, 0.2) is 0 Å². The fourth-order valence-electron chi connectivity index (χ4n) is 3.00. The molecule has 2 heteroatoms. The second-order valence-electron chi connectivity index (χ2n) is 6.80. The predicted octanol–water partition coefficient (Wildman–Crippen LogP) is 3.52. The Hall–Kier alpha value is -0.0800. The molecule has 0 radical (unpaired) electrons. The zero-order valence-corrected chi connectivity index (χ0v) is 13.2. The van der Waals surface area contributed by atoms with Crippen LogP contribution in [-0.2, 0) is 0 Å². The summed E-state index contributed by atoms with van der Waals surface area (Å²) in [7, 11) is 0. The molecule has 0 bridgehead atoms. The molecule has 1 fully saturated rings. The molecule has 0 aromatic carbocycles. The topological polar surface area (TPSA) is 15.3 Å². The number of piperidine rings is 1. The number of rotatable bonds is 7. The number of hydrogen-bond donors (Lipinski definition) is 1. The third-order valence-corrected chi connectivity index (χ3v) is 4.32. The molecule has 1 N–H and O–H groups in total. The van der Waals surface area contributed by atoms with E-state index in [1.807, 2.05) is 0 Å². The fraction of sp³-hybridized carbons (Fsp3) is 1.00. The highest BCUT2D eigenvalue weighted by Crippen LogP contribution is 2.20. The molecule has 1 heterocycles. The molecule has 0 aromatic heterocycles. The highest BCUT2D eigenvalue weighted by molar-refractivity contribution is 4.78. The van der Waals surface area contributed by atoms with Crippen molar-refractivity contribution in [2.24, 2.45) is 11.8 Å². The van der Waals surface area contributed by atoms with Gasteiger partial charge < -0.3 is 5.32 Å². The zero-order valence-electron chi connectivity index (χ0n) is 13.2. The van der Waals surface area contributed by atoms with Gasteiger partial charge in [-0.3, -0.25) is 4.90 Å². The van der Waals surface area contributed by atoms with Crippen molar-refractivity contribution in [1.29, 1.82) is 0 Å². The summed E-state index contributed by atoms with van der Waals surface area (Å²) in [6, 6.07) is 1.42. The van der Waals surface area contributed by atoms with Gasteiger partial charge in [0, 0.05) is 18.6 Å². The van der Waals surface area contributed by atoms with Crippen molar-refractivity contribution in [2.75, 3.05) is 19.6 Å². The van der Waals surface area contributed by atoms with Crippen molar-refractivity contribution in [3.63, 3.8) is 0 Å². The minimum atomic E-state index is 0.682. The number of nitrogens with zero attached hydrogens (tertiary/aromatic N) is 1. The van der Waals surface area contributed by atoms with E-state index in [0.29, 0.717) is 6.04 Å². The normalized spacial score (nSPS) is 20.0. The Morgan fingerprint density at radius 1 is 1.00 bits per heavy atom. The van der Waals surface area contributed by atoms with Crippen LogP contribution >= 0.6 is 0 Å². The van der Waals surface area contributed by atoms with Crippen molar-refractivity contribution in [3.8, 4) is 0 Å². The van der Waals surface area contributed by atoms with Crippen molar-refractivity contribution in [2.45, 2.75) is 72.4 Å². The van der Waals surface area contributed by atoms with Crippen LogP contribution in [0.3, 0.4) is 0 Å². The zero-order chi connectivity index (χ0) is 13.5. The average molecular weight is 254 g/mol. The molecule has 0 aliphatic carbocycles. The van der Waals surface area contributed by atoms with E-state index in [1.165, 1.54) is 45.3 Å². The molecule has 1 rings (SSSR count). The van der Waals surface area contributed by atoms with Gasteiger partial charge in [-0.1, -0.05) is 13.8 Å². The summed E-state index contributed by atoms with van der Waals surface area (Å²) < 4.78 is 0. The van der Waals surface area contributed by atoms with Crippen molar-refractivity contribution in [3.05, 3.63) is 0 Å². The maximum atomic E-state index is 3.47. The third-order valence-electron chi connectivity index (χ3n) is 4.32. The standard InChI is InChI=1S/C16H34N2/c1-13(2)6-7-15(5)18(14(3)4)12-16-8-10-17-11-9-16/h13-17H,6-12H2,1-5H3. The molecular weight excluding hydrogens is 220 g/mol. The van der Waals surface area contributed by atoms with Crippen LogP contribution in [0.25, 0.3) is 0 Å². The second-order valence-corrected chi connectivity index (χ2v) is 6.80. The van der Waals surface area contributed by atoms with Crippen LogP contribution in [0.4, 0.5) is 0 Å². The van der Waals surface area contributed by atoms with Gasteiger partial charge >= 0.3 is 0 Å². The molecule has 1 unspecified atom stereocenters. The van der Waals surface area contributed by atoms with E-state index >= 15 is 0 Å². The van der Waals surface area contributed by atoms with Gasteiger partial charge in [-0.2, -0.15) is 0 Å². The molecule has 0 spiro atoms. The Kier molecular flexibility index (Phi) is 7.25. The van der Waals surface area contributed by atoms with Gasteiger partial charge in [0.05, 0.1) is 0 Å². The lowest BCUT2D eigenvalue weighted by Gasteiger charge is -2.37. The maximum absolute atomic E-state index is 3.47. The Morgan fingerprint density at radius 3 is 2.11 bits per heavy atom. The largest absolute Gasteiger partial charge is 0.317 e. The Balaban J connectivity index is 2.42. The fourth-order valence-corrected chi connectivity index (χ4v) is 3.00.